The number of halogens is 1. The fraction of sp³-hybridized carbons (Fsp3) is 0.310. The Labute approximate surface area is 234 Å². The van der Waals surface area contributed by atoms with Gasteiger partial charge in [-0.2, -0.15) is 0 Å². The number of thiazole rings is 1. The zero-order valence-corrected chi connectivity index (χ0v) is 23.7. The number of hydrogen-bond acceptors (Lipinski definition) is 7. The van der Waals surface area contributed by atoms with E-state index in [1.165, 1.54) is 11.7 Å². The highest BCUT2D eigenvalue weighted by Gasteiger charge is 2.38. The summed E-state index contributed by atoms with van der Waals surface area (Å²) in [5, 5.41) is 0.423. The molecule has 8 nitrogen and oxygen atoms in total. The number of amides is 1. The van der Waals surface area contributed by atoms with Gasteiger partial charge in [0.15, 0.2) is 4.80 Å². The van der Waals surface area contributed by atoms with Crippen LogP contribution in [0.1, 0.15) is 50.8 Å². The van der Waals surface area contributed by atoms with Crippen molar-refractivity contribution in [2.45, 2.75) is 39.7 Å². The Kier molecular flexibility index (Phi) is 7.46. The number of benzene rings is 2. The predicted octanol–water partition coefficient (Wildman–Crippen LogP) is 3.98. The van der Waals surface area contributed by atoms with E-state index in [0.717, 1.165) is 23.4 Å². The molecule has 0 saturated heterocycles. The maximum absolute atomic E-state index is 14.3. The van der Waals surface area contributed by atoms with Gasteiger partial charge in [0.2, 0.25) is 0 Å². The van der Waals surface area contributed by atoms with Crippen molar-refractivity contribution in [1.29, 1.82) is 0 Å². The van der Waals surface area contributed by atoms with Gasteiger partial charge in [0.1, 0.15) is 16.3 Å². The summed E-state index contributed by atoms with van der Waals surface area (Å²) in [6.45, 7) is 6.24. The van der Waals surface area contributed by atoms with Crippen LogP contribution in [-0.4, -0.2) is 36.7 Å². The Morgan fingerprint density at radius 3 is 2.59 bits per heavy atom. The summed E-state index contributed by atoms with van der Waals surface area (Å²) in [7, 11) is 1.52. The molecule has 0 aliphatic carbocycles. The summed E-state index contributed by atoms with van der Waals surface area (Å²) in [6, 6.07) is 11.6. The molecule has 2 aromatic carbocycles. The lowest BCUT2D eigenvalue weighted by molar-refractivity contribution is -0.139. The van der Waals surface area contributed by atoms with Crippen molar-refractivity contribution in [2.24, 2.45) is 4.99 Å². The van der Waals surface area contributed by atoms with Crippen LogP contribution < -0.4 is 24.5 Å². The molecule has 0 spiro atoms. The molecule has 0 unspecified atom stereocenters. The van der Waals surface area contributed by atoms with Gasteiger partial charge in [0, 0.05) is 22.7 Å². The van der Waals surface area contributed by atoms with Gasteiger partial charge in [0.05, 0.1) is 36.2 Å². The van der Waals surface area contributed by atoms with Crippen LogP contribution in [-0.2, 0) is 14.3 Å². The summed E-state index contributed by atoms with van der Waals surface area (Å²) >= 11 is 7.56. The first-order valence-corrected chi connectivity index (χ1v) is 14.0. The third-order valence-electron chi connectivity index (χ3n) is 6.82. The van der Waals surface area contributed by atoms with Crippen LogP contribution in [0.2, 0.25) is 5.02 Å². The number of anilines is 1. The number of methoxy groups -OCH3 is 1. The zero-order valence-electron chi connectivity index (χ0n) is 22.1. The fourth-order valence-electron chi connectivity index (χ4n) is 5.20. The van der Waals surface area contributed by atoms with E-state index in [1.807, 2.05) is 38.1 Å². The third-order valence-corrected chi connectivity index (χ3v) is 8.11. The Hall–Kier alpha value is -3.69. The molecule has 2 aliphatic rings. The smallest absolute Gasteiger partial charge is 0.338 e. The molecule has 0 bridgehead atoms. The van der Waals surface area contributed by atoms with E-state index in [4.69, 9.17) is 26.1 Å². The number of aromatic nitrogens is 1. The van der Waals surface area contributed by atoms with Crippen molar-refractivity contribution < 1.29 is 19.1 Å². The lowest BCUT2D eigenvalue weighted by atomic mass is 9.93. The molecule has 0 radical (unpaired) electrons. The second kappa shape index (κ2) is 10.8. The molecule has 0 N–H and O–H groups in total. The number of esters is 1. The highest BCUT2D eigenvalue weighted by molar-refractivity contribution is 7.07. The summed E-state index contributed by atoms with van der Waals surface area (Å²) in [6.07, 6.45) is 1.22. The van der Waals surface area contributed by atoms with Crippen LogP contribution in [0, 0.1) is 0 Å². The molecule has 2 aliphatic heterocycles. The van der Waals surface area contributed by atoms with Crippen molar-refractivity contribution in [1.82, 2.24) is 4.57 Å². The van der Waals surface area contributed by atoms with Crippen LogP contribution in [0.5, 0.6) is 5.75 Å². The van der Waals surface area contributed by atoms with Gasteiger partial charge in [-0.15, -0.1) is 0 Å². The summed E-state index contributed by atoms with van der Waals surface area (Å²) in [4.78, 5) is 48.1. The quantitative estimate of drug-likeness (QED) is 0.404. The summed E-state index contributed by atoms with van der Waals surface area (Å²) in [5.74, 6) is -0.338. The average molecular weight is 566 g/mol. The van der Waals surface area contributed by atoms with E-state index in [0.29, 0.717) is 50.9 Å². The number of rotatable bonds is 7. The van der Waals surface area contributed by atoms with Gasteiger partial charge in [0.25, 0.3) is 11.5 Å². The molecule has 3 heterocycles. The van der Waals surface area contributed by atoms with E-state index >= 15 is 0 Å². The van der Waals surface area contributed by atoms with Crippen molar-refractivity contribution in [3.8, 4) is 5.75 Å². The van der Waals surface area contributed by atoms with Crippen molar-refractivity contribution in [3.05, 3.63) is 89.6 Å². The fourth-order valence-corrected chi connectivity index (χ4v) is 6.49. The lowest BCUT2D eigenvalue weighted by Crippen LogP contribution is -2.41. The average Bonchev–Trinajstić information content (AvgIpc) is 3.40. The molecule has 39 heavy (non-hydrogen) atoms. The first kappa shape index (κ1) is 26.9. The molecular weight excluding hydrogens is 538 g/mol. The van der Waals surface area contributed by atoms with E-state index in [1.54, 1.807) is 30.0 Å². The minimum atomic E-state index is -0.904. The number of carbonyl (C=O) groups is 2. The lowest BCUT2D eigenvalue weighted by Gasteiger charge is -2.27. The van der Waals surface area contributed by atoms with Crippen molar-refractivity contribution in [3.63, 3.8) is 0 Å². The topological polar surface area (TPSA) is 90.2 Å². The van der Waals surface area contributed by atoms with Crippen LogP contribution in [0.3, 0.4) is 0 Å². The summed E-state index contributed by atoms with van der Waals surface area (Å²) in [5.41, 5.74) is 2.71. The Morgan fingerprint density at radius 2 is 1.90 bits per heavy atom. The maximum atomic E-state index is 14.3. The van der Waals surface area contributed by atoms with Crippen LogP contribution in [0.4, 0.5) is 5.69 Å². The molecule has 1 atom stereocenters. The number of allylic oxidation sites excluding steroid dienone is 1. The number of likely N-dealkylation sites (N-methyl/N-ethyl adjacent to an activating group) is 1. The van der Waals surface area contributed by atoms with E-state index in [9.17, 15) is 14.4 Å². The number of ether oxygens (including phenoxy) is 2. The predicted molar refractivity (Wildman–Crippen MR) is 151 cm³/mol. The van der Waals surface area contributed by atoms with Gasteiger partial charge < -0.3 is 14.4 Å². The molecule has 3 aromatic rings. The first-order chi connectivity index (χ1) is 18.9. The number of nitrogens with zero attached hydrogens (tertiary/aromatic N) is 3. The molecule has 0 saturated carbocycles. The Balaban J connectivity index is 1.89. The Morgan fingerprint density at radius 1 is 1.13 bits per heavy atom. The van der Waals surface area contributed by atoms with Crippen LogP contribution >= 0.6 is 22.9 Å². The van der Waals surface area contributed by atoms with Gasteiger partial charge in [-0.1, -0.05) is 54.5 Å². The number of fused-ring (bicyclic) bond motifs is 2. The Bertz CT molecular complexity index is 1700. The minimum Gasteiger partial charge on any atom is -0.496 e. The van der Waals surface area contributed by atoms with Gasteiger partial charge in [-0.25, -0.2) is 9.79 Å². The van der Waals surface area contributed by atoms with E-state index < -0.39 is 17.6 Å². The molecule has 10 heteroatoms. The highest BCUT2D eigenvalue weighted by atomic mass is 35.5. The van der Waals surface area contributed by atoms with Gasteiger partial charge in [-0.05, 0) is 44.5 Å². The van der Waals surface area contributed by atoms with E-state index in [2.05, 4.69) is 0 Å². The van der Waals surface area contributed by atoms with Crippen LogP contribution in [0.15, 0.2) is 63.5 Å². The highest BCUT2D eigenvalue weighted by Crippen LogP contribution is 2.39. The number of carbonyl (C=O) groups excluding carboxylic acids is 2. The standard InChI is InChI=1S/C29H28ClN3O5S/c1-5-10-19-23(28(36)38-7-3)24(18-15-16(30)13-14-21(18)37-4)33-27(35)25(39-29(33)31-19)22-17-11-8-9-12-20(17)32(6-2)26(22)34/h8-9,11-15,24H,5-7,10H2,1-4H3/b25-22-/t24-/m1/s1. The minimum absolute atomic E-state index is 0.161. The molecule has 1 aromatic heterocycles. The van der Waals surface area contributed by atoms with Crippen LogP contribution in [0.25, 0.3) is 5.57 Å². The van der Waals surface area contributed by atoms with Crippen molar-refractivity contribution >= 4 is 46.1 Å². The zero-order chi connectivity index (χ0) is 27.8. The molecule has 5 rings (SSSR count). The third kappa shape index (κ3) is 4.39. The second-order valence-corrected chi connectivity index (χ2v) is 10.5. The van der Waals surface area contributed by atoms with Gasteiger partial charge in [-0.3, -0.25) is 14.2 Å². The SMILES string of the molecule is CCCC1=C(C(=O)OCC)[C@@H](c2cc(Cl)ccc2OC)n2c(s/c(=C3\C(=O)N(CC)c4ccccc43)c2=O)=N1. The normalized spacial score (nSPS) is 17.6. The maximum Gasteiger partial charge on any atom is 0.338 e. The van der Waals surface area contributed by atoms with Crippen molar-refractivity contribution in [2.75, 3.05) is 25.2 Å². The largest absolute Gasteiger partial charge is 0.496 e. The van der Waals surface area contributed by atoms with Gasteiger partial charge >= 0.3 is 5.97 Å². The number of hydrogen-bond donors (Lipinski definition) is 0. The number of para-hydroxylation sites is 1. The molecule has 202 valence electrons. The second-order valence-electron chi connectivity index (χ2n) is 9.06. The molecule has 0 fully saturated rings. The van der Waals surface area contributed by atoms with E-state index in [-0.39, 0.29) is 22.6 Å². The first-order valence-electron chi connectivity index (χ1n) is 12.8. The molecule has 1 amide bonds. The molecular formula is C29H28ClN3O5S. The monoisotopic (exact) mass is 565 g/mol. The summed E-state index contributed by atoms with van der Waals surface area (Å²) < 4.78 is 12.8.